The fraction of sp³-hybridized carbons (Fsp3) is 0.667. The molecule has 0 aliphatic rings. The fourth-order valence-corrected chi connectivity index (χ4v) is 4.00. The molecule has 0 unspecified atom stereocenters. The van der Waals surface area contributed by atoms with E-state index in [0.717, 1.165) is 33.0 Å². The molecule has 0 aromatic carbocycles. The first kappa shape index (κ1) is 21.7. The summed E-state index contributed by atoms with van der Waals surface area (Å²) in [5, 5.41) is 0. The van der Waals surface area contributed by atoms with Gasteiger partial charge in [0.25, 0.3) is 0 Å². The summed E-state index contributed by atoms with van der Waals surface area (Å²) in [6.07, 6.45) is 16.7. The SMILES string of the molecule is CCCCCCCCc1nc2c(Br)cnc(Br)c2nc1CCCCCC. The van der Waals surface area contributed by atoms with Gasteiger partial charge < -0.3 is 0 Å². The molecule has 2 rings (SSSR count). The second kappa shape index (κ2) is 12.0. The van der Waals surface area contributed by atoms with Gasteiger partial charge >= 0.3 is 0 Å². The summed E-state index contributed by atoms with van der Waals surface area (Å²) < 4.78 is 1.70. The zero-order chi connectivity index (χ0) is 18.8. The van der Waals surface area contributed by atoms with Crippen LogP contribution in [0.2, 0.25) is 0 Å². The maximum atomic E-state index is 4.99. The normalized spacial score (nSPS) is 11.4. The quantitative estimate of drug-likeness (QED) is 0.230. The van der Waals surface area contributed by atoms with Crippen LogP contribution in [0.4, 0.5) is 0 Å². The molecule has 144 valence electrons. The molecule has 0 fully saturated rings. The van der Waals surface area contributed by atoms with Crippen LogP contribution in [0.25, 0.3) is 11.0 Å². The number of pyridine rings is 1. The second-order valence-electron chi connectivity index (χ2n) is 7.04. The highest BCUT2D eigenvalue weighted by Gasteiger charge is 2.13. The van der Waals surface area contributed by atoms with E-state index in [2.05, 4.69) is 50.7 Å². The monoisotopic (exact) mass is 483 g/mol. The Morgan fingerprint density at radius 3 is 1.81 bits per heavy atom. The second-order valence-corrected chi connectivity index (χ2v) is 8.65. The highest BCUT2D eigenvalue weighted by atomic mass is 79.9. The summed E-state index contributed by atoms with van der Waals surface area (Å²) in [7, 11) is 0. The molecule has 2 aromatic rings. The minimum Gasteiger partial charge on any atom is -0.248 e. The Balaban J connectivity index is 2.13. The van der Waals surface area contributed by atoms with Gasteiger partial charge in [-0.3, -0.25) is 0 Å². The van der Waals surface area contributed by atoms with Crippen LogP contribution in [0, 0.1) is 0 Å². The smallest absolute Gasteiger partial charge is 0.133 e. The number of halogens is 2. The number of unbranched alkanes of at least 4 members (excludes halogenated alkanes) is 8. The summed E-state index contributed by atoms with van der Waals surface area (Å²) in [6, 6.07) is 0. The number of hydrogen-bond acceptors (Lipinski definition) is 3. The van der Waals surface area contributed by atoms with Crippen LogP contribution in [0.1, 0.15) is 89.4 Å². The number of hydrogen-bond donors (Lipinski definition) is 0. The summed E-state index contributed by atoms with van der Waals surface area (Å²) in [4.78, 5) is 14.3. The Morgan fingerprint density at radius 2 is 1.19 bits per heavy atom. The van der Waals surface area contributed by atoms with E-state index in [-0.39, 0.29) is 0 Å². The van der Waals surface area contributed by atoms with Crippen molar-refractivity contribution in [3.63, 3.8) is 0 Å². The lowest BCUT2D eigenvalue weighted by Gasteiger charge is -2.11. The molecule has 0 bridgehead atoms. The lowest BCUT2D eigenvalue weighted by Crippen LogP contribution is -2.05. The molecule has 0 atom stereocenters. The van der Waals surface area contributed by atoms with Gasteiger partial charge in [0.05, 0.1) is 15.9 Å². The molecule has 0 spiro atoms. The van der Waals surface area contributed by atoms with E-state index in [0.29, 0.717) is 0 Å². The van der Waals surface area contributed by atoms with Gasteiger partial charge in [-0.2, -0.15) is 0 Å². The van der Waals surface area contributed by atoms with Gasteiger partial charge in [0.1, 0.15) is 15.6 Å². The van der Waals surface area contributed by atoms with Gasteiger partial charge in [-0.25, -0.2) is 15.0 Å². The average molecular weight is 485 g/mol. The Hall–Kier alpha value is -0.550. The molecular weight excluding hydrogens is 454 g/mol. The topological polar surface area (TPSA) is 38.7 Å². The van der Waals surface area contributed by atoms with E-state index in [1.165, 1.54) is 75.6 Å². The first-order valence-electron chi connectivity index (χ1n) is 10.2. The van der Waals surface area contributed by atoms with Crippen molar-refractivity contribution in [1.29, 1.82) is 0 Å². The summed E-state index contributed by atoms with van der Waals surface area (Å²) in [5.41, 5.74) is 4.15. The van der Waals surface area contributed by atoms with E-state index in [1.807, 2.05) is 0 Å². The lowest BCUT2D eigenvalue weighted by molar-refractivity contribution is 0.600. The molecule has 0 saturated carbocycles. The number of aromatic nitrogens is 3. The third-order valence-corrected chi connectivity index (χ3v) is 5.96. The first-order chi connectivity index (χ1) is 12.7. The molecule has 2 heterocycles. The predicted octanol–water partition coefficient (Wildman–Crippen LogP) is 7.58. The van der Waals surface area contributed by atoms with Crippen LogP contribution < -0.4 is 0 Å². The van der Waals surface area contributed by atoms with Crippen LogP contribution in [-0.4, -0.2) is 15.0 Å². The molecule has 5 heteroatoms. The Bertz CT molecular complexity index is 689. The third kappa shape index (κ3) is 6.56. The van der Waals surface area contributed by atoms with Crippen molar-refractivity contribution in [2.75, 3.05) is 0 Å². The van der Waals surface area contributed by atoms with Crippen LogP contribution in [0.3, 0.4) is 0 Å². The average Bonchev–Trinajstić information content (AvgIpc) is 2.65. The molecule has 0 saturated heterocycles. The molecule has 26 heavy (non-hydrogen) atoms. The van der Waals surface area contributed by atoms with E-state index in [9.17, 15) is 0 Å². The first-order valence-corrected chi connectivity index (χ1v) is 11.8. The Kier molecular flexibility index (Phi) is 10.1. The molecule has 0 amide bonds. The maximum Gasteiger partial charge on any atom is 0.133 e. The van der Waals surface area contributed by atoms with Crippen molar-refractivity contribution < 1.29 is 0 Å². The molecule has 3 nitrogen and oxygen atoms in total. The number of fused-ring (bicyclic) bond motifs is 1. The van der Waals surface area contributed by atoms with Crippen molar-refractivity contribution in [2.45, 2.75) is 90.9 Å². The molecule has 2 aromatic heterocycles. The maximum absolute atomic E-state index is 4.99. The standard InChI is InChI=1S/C21H31Br2N3/c1-3-5-7-9-10-12-14-17-18(13-11-8-6-4-2)26-20-19(25-17)16(22)15-24-21(20)23/h15H,3-14H2,1-2H3. The predicted molar refractivity (Wildman–Crippen MR) is 118 cm³/mol. The number of rotatable bonds is 12. The molecular formula is C21H31Br2N3. The van der Waals surface area contributed by atoms with E-state index in [1.54, 1.807) is 6.20 Å². The van der Waals surface area contributed by atoms with Gasteiger partial charge in [0, 0.05) is 6.20 Å². The van der Waals surface area contributed by atoms with E-state index in [4.69, 9.17) is 9.97 Å². The zero-order valence-corrected chi connectivity index (χ0v) is 19.3. The minimum absolute atomic E-state index is 0.782. The highest BCUT2D eigenvalue weighted by molar-refractivity contribution is 9.11. The van der Waals surface area contributed by atoms with Crippen molar-refractivity contribution in [3.05, 3.63) is 26.7 Å². The minimum atomic E-state index is 0.782. The van der Waals surface area contributed by atoms with Crippen molar-refractivity contribution >= 4 is 42.9 Å². The van der Waals surface area contributed by atoms with Crippen molar-refractivity contribution in [3.8, 4) is 0 Å². The summed E-state index contributed by atoms with van der Waals surface area (Å²) in [5.74, 6) is 0. The summed E-state index contributed by atoms with van der Waals surface area (Å²) >= 11 is 7.12. The van der Waals surface area contributed by atoms with E-state index < -0.39 is 0 Å². The fourth-order valence-electron chi connectivity index (χ4n) is 3.24. The summed E-state index contributed by atoms with van der Waals surface area (Å²) in [6.45, 7) is 4.51. The Labute approximate surface area is 175 Å². The molecule has 0 aliphatic carbocycles. The van der Waals surface area contributed by atoms with E-state index >= 15 is 0 Å². The van der Waals surface area contributed by atoms with Crippen LogP contribution >= 0.6 is 31.9 Å². The molecule has 0 aliphatic heterocycles. The number of nitrogens with zero attached hydrogens (tertiary/aromatic N) is 3. The van der Waals surface area contributed by atoms with Crippen molar-refractivity contribution in [2.24, 2.45) is 0 Å². The number of aryl methyl sites for hydroxylation is 2. The van der Waals surface area contributed by atoms with Crippen LogP contribution in [0.5, 0.6) is 0 Å². The van der Waals surface area contributed by atoms with Gasteiger partial charge in [-0.1, -0.05) is 65.2 Å². The van der Waals surface area contributed by atoms with Gasteiger partial charge in [-0.05, 0) is 57.5 Å². The Morgan fingerprint density at radius 1 is 0.692 bits per heavy atom. The van der Waals surface area contributed by atoms with Crippen LogP contribution in [-0.2, 0) is 12.8 Å². The van der Waals surface area contributed by atoms with Gasteiger partial charge in [0.2, 0.25) is 0 Å². The van der Waals surface area contributed by atoms with Gasteiger partial charge in [0.15, 0.2) is 0 Å². The van der Waals surface area contributed by atoms with Crippen molar-refractivity contribution in [1.82, 2.24) is 15.0 Å². The molecule has 0 radical (unpaired) electrons. The largest absolute Gasteiger partial charge is 0.248 e. The lowest BCUT2D eigenvalue weighted by atomic mass is 10.0. The molecule has 0 N–H and O–H groups in total. The highest BCUT2D eigenvalue weighted by Crippen LogP contribution is 2.27. The van der Waals surface area contributed by atoms with Crippen LogP contribution in [0.15, 0.2) is 15.3 Å². The van der Waals surface area contributed by atoms with Gasteiger partial charge in [-0.15, -0.1) is 0 Å². The zero-order valence-electron chi connectivity index (χ0n) is 16.2. The third-order valence-electron chi connectivity index (χ3n) is 4.80.